The monoisotopic (exact) mass is 622 g/mol. The zero-order chi connectivity index (χ0) is 30.3. The maximum atomic E-state index is 12.6. The summed E-state index contributed by atoms with van der Waals surface area (Å²) in [6.07, 6.45) is 0. The number of nitrogens with zero attached hydrogens (tertiary/aromatic N) is 4. The lowest BCUT2D eigenvalue weighted by Gasteiger charge is -2.09. The first kappa shape index (κ1) is 30.8. The van der Waals surface area contributed by atoms with Crippen molar-refractivity contribution in [1.82, 2.24) is 10.6 Å². The average molecular weight is 623 g/mol. The van der Waals surface area contributed by atoms with E-state index in [1.54, 1.807) is 48.5 Å². The number of aliphatic hydroxyl groups is 2. The highest BCUT2D eigenvalue weighted by atomic mass is 35.5. The zero-order valence-electron chi connectivity index (χ0n) is 24.1. The second kappa shape index (κ2) is 14.2. The van der Waals surface area contributed by atoms with Gasteiger partial charge in [0.2, 0.25) is 11.8 Å². The van der Waals surface area contributed by atoms with Gasteiger partial charge in [0.1, 0.15) is 11.7 Å². The Morgan fingerprint density at radius 1 is 0.600 bits per heavy atom. The molecule has 6 rings (SSSR count). The molecule has 0 aromatic heterocycles. The number of aliphatic hydroxyl groups excluding tert-OH is 2. The first-order chi connectivity index (χ1) is 21.5. The van der Waals surface area contributed by atoms with Gasteiger partial charge >= 0.3 is 6.03 Å². The van der Waals surface area contributed by atoms with Gasteiger partial charge in [-0.2, -0.15) is 0 Å². The van der Waals surface area contributed by atoms with Crippen LogP contribution in [-0.2, 0) is 0 Å². The first-order valence-corrected chi connectivity index (χ1v) is 14.1. The number of carbonyl (C=O) groups is 1. The van der Waals surface area contributed by atoms with Gasteiger partial charge in [-0.25, -0.2) is 14.8 Å². The number of hydrogen-bond donors (Lipinski definition) is 6. The fourth-order valence-corrected chi connectivity index (χ4v) is 4.64. The van der Waals surface area contributed by atoms with E-state index in [9.17, 15) is 15.0 Å². The summed E-state index contributed by atoms with van der Waals surface area (Å²) < 4.78 is 0. The molecule has 0 saturated carbocycles. The van der Waals surface area contributed by atoms with E-state index in [2.05, 4.69) is 41.2 Å². The normalized spacial score (nSPS) is 14.4. The summed E-state index contributed by atoms with van der Waals surface area (Å²) in [6, 6.07) is 27.8. The number of halogens is 1. The minimum atomic E-state index is -0.441. The van der Waals surface area contributed by atoms with E-state index in [1.165, 1.54) is 0 Å². The molecule has 0 bridgehead atoms. The SMILES string of the molecule is Cl.O=C(Nc1ccc(C(O)=Nc2ccc(C3=NCCN3)cc2)cc1)Nc1ccc(C(O)=Nc2ccc(C3=NCCN3)cc2)cc1. The number of amides is 2. The van der Waals surface area contributed by atoms with Gasteiger partial charge in [-0.15, -0.1) is 12.4 Å². The summed E-state index contributed by atoms with van der Waals surface area (Å²) in [5.74, 6) is 1.46. The lowest BCUT2D eigenvalue weighted by Crippen LogP contribution is -2.19. The predicted molar refractivity (Wildman–Crippen MR) is 182 cm³/mol. The Morgan fingerprint density at radius 3 is 1.31 bits per heavy atom. The minimum Gasteiger partial charge on any atom is -0.493 e. The number of rotatable bonds is 8. The average Bonchev–Trinajstić information content (AvgIpc) is 3.78. The van der Waals surface area contributed by atoms with Crippen LogP contribution < -0.4 is 21.3 Å². The highest BCUT2D eigenvalue weighted by molar-refractivity contribution is 6.02. The Kier molecular flexibility index (Phi) is 9.70. The standard InChI is InChI=1S/C33H30N8O3.ClH/c42-31(38-25-9-1-21(2-10-25)29-34-17-18-35-29)23-5-13-27(14-6-23)40-33(44)41-28-15-7-24(8-16-28)32(43)39-26-11-3-22(4-12-26)30-36-19-20-37-30;/h1-16H,17-20H2,(H,34,35)(H,36,37)(H,38,42)(H,39,43)(H2,40,41,44);1H. The largest absolute Gasteiger partial charge is 0.493 e. The maximum Gasteiger partial charge on any atom is 0.323 e. The summed E-state index contributed by atoms with van der Waals surface area (Å²) in [4.78, 5) is 29.9. The summed E-state index contributed by atoms with van der Waals surface area (Å²) in [5.41, 5.74) is 5.27. The van der Waals surface area contributed by atoms with E-state index >= 15 is 0 Å². The Hall–Kier alpha value is -5.68. The molecule has 2 amide bonds. The highest BCUT2D eigenvalue weighted by Crippen LogP contribution is 2.19. The summed E-state index contributed by atoms with van der Waals surface area (Å²) in [7, 11) is 0. The van der Waals surface area contributed by atoms with E-state index in [1.807, 2.05) is 48.5 Å². The van der Waals surface area contributed by atoms with Crippen LogP contribution in [-0.4, -0.2) is 65.9 Å². The molecule has 0 fully saturated rings. The second-order valence-corrected chi connectivity index (χ2v) is 10.0. The lowest BCUT2D eigenvalue weighted by molar-refractivity contribution is 0.262. The topological polar surface area (TPSA) is 155 Å². The van der Waals surface area contributed by atoms with Crippen LogP contribution in [0.25, 0.3) is 0 Å². The van der Waals surface area contributed by atoms with Crippen molar-refractivity contribution >= 4 is 64.7 Å². The Labute approximate surface area is 266 Å². The molecular weight excluding hydrogens is 592 g/mol. The first-order valence-electron chi connectivity index (χ1n) is 14.1. The number of benzene rings is 4. The van der Waals surface area contributed by atoms with Gasteiger partial charge in [0.05, 0.1) is 24.5 Å². The molecule has 2 heterocycles. The molecule has 228 valence electrons. The molecule has 45 heavy (non-hydrogen) atoms. The van der Waals surface area contributed by atoms with Gasteiger partial charge in [-0.1, -0.05) is 0 Å². The van der Waals surface area contributed by atoms with Crippen molar-refractivity contribution in [2.24, 2.45) is 20.0 Å². The lowest BCUT2D eigenvalue weighted by atomic mass is 10.1. The van der Waals surface area contributed by atoms with Gasteiger partial charge in [-0.05, 0) is 97.1 Å². The van der Waals surface area contributed by atoms with Crippen molar-refractivity contribution in [3.05, 3.63) is 119 Å². The number of aliphatic imine (C=N–C) groups is 4. The molecule has 2 aliphatic heterocycles. The van der Waals surface area contributed by atoms with E-state index < -0.39 is 6.03 Å². The molecule has 0 spiro atoms. The smallest absolute Gasteiger partial charge is 0.323 e. The number of nitrogens with one attached hydrogen (secondary N) is 4. The van der Waals surface area contributed by atoms with Crippen molar-refractivity contribution in [2.45, 2.75) is 0 Å². The second-order valence-electron chi connectivity index (χ2n) is 10.0. The number of amidine groups is 2. The Balaban J connectivity index is 0.00000400. The zero-order valence-corrected chi connectivity index (χ0v) is 24.9. The highest BCUT2D eigenvalue weighted by Gasteiger charge is 2.10. The molecule has 6 N–H and O–H groups in total. The van der Waals surface area contributed by atoms with Crippen LogP contribution in [0.5, 0.6) is 0 Å². The van der Waals surface area contributed by atoms with Gasteiger partial charge in [0.15, 0.2) is 0 Å². The third-order valence-electron chi connectivity index (χ3n) is 6.90. The van der Waals surface area contributed by atoms with Gasteiger partial charge in [-0.3, -0.25) is 9.98 Å². The molecule has 0 saturated heterocycles. The van der Waals surface area contributed by atoms with E-state index in [-0.39, 0.29) is 24.2 Å². The van der Waals surface area contributed by atoms with Crippen LogP contribution in [0.1, 0.15) is 22.3 Å². The molecule has 0 radical (unpaired) electrons. The molecule has 12 heteroatoms. The summed E-state index contributed by atoms with van der Waals surface area (Å²) >= 11 is 0. The molecular formula is C33H31ClN8O3. The number of hydrogen-bond acceptors (Lipinski definition) is 7. The Morgan fingerprint density at radius 2 is 0.978 bits per heavy atom. The van der Waals surface area contributed by atoms with Crippen LogP contribution in [0.2, 0.25) is 0 Å². The number of urea groups is 1. The molecule has 0 unspecified atom stereocenters. The van der Waals surface area contributed by atoms with Crippen molar-refractivity contribution in [3.63, 3.8) is 0 Å². The fourth-order valence-electron chi connectivity index (χ4n) is 4.64. The molecule has 2 aliphatic rings. The predicted octanol–water partition coefficient (Wildman–Crippen LogP) is 5.72. The van der Waals surface area contributed by atoms with Crippen LogP contribution in [0.4, 0.5) is 27.5 Å². The van der Waals surface area contributed by atoms with Crippen molar-refractivity contribution in [3.8, 4) is 0 Å². The summed E-state index contributed by atoms with van der Waals surface area (Å²) in [6.45, 7) is 3.21. The maximum absolute atomic E-state index is 12.6. The van der Waals surface area contributed by atoms with Crippen LogP contribution in [0.15, 0.2) is 117 Å². The van der Waals surface area contributed by atoms with Crippen LogP contribution in [0.3, 0.4) is 0 Å². The van der Waals surface area contributed by atoms with Crippen molar-refractivity contribution in [1.29, 1.82) is 0 Å². The van der Waals surface area contributed by atoms with E-state index in [0.717, 1.165) is 49.0 Å². The van der Waals surface area contributed by atoms with Gasteiger partial charge in [0.25, 0.3) is 0 Å². The fraction of sp³-hybridized carbons (Fsp3) is 0.121. The minimum absolute atomic E-state index is 0. The van der Waals surface area contributed by atoms with Gasteiger partial charge in [0, 0.05) is 46.7 Å². The molecule has 11 nitrogen and oxygen atoms in total. The number of carbonyl (C=O) groups excluding carboxylic acids is 1. The van der Waals surface area contributed by atoms with E-state index in [0.29, 0.717) is 33.9 Å². The molecule has 0 aliphatic carbocycles. The number of anilines is 2. The quantitative estimate of drug-likeness (QED) is 0.109. The van der Waals surface area contributed by atoms with Crippen molar-refractivity contribution < 1.29 is 15.0 Å². The molecule has 4 aromatic carbocycles. The molecule has 0 atom stereocenters. The molecule has 4 aromatic rings. The van der Waals surface area contributed by atoms with Crippen LogP contribution in [0, 0.1) is 0 Å². The third-order valence-corrected chi connectivity index (χ3v) is 6.90. The van der Waals surface area contributed by atoms with Crippen LogP contribution >= 0.6 is 12.4 Å². The van der Waals surface area contributed by atoms with Gasteiger partial charge < -0.3 is 31.5 Å². The van der Waals surface area contributed by atoms with Crippen molar-refractivity contribution in [2.75, 3.05) is 36.8 Å². The third kappa shape index (κ3) is 7.84. The van der Waals surface area contributed by atoms with E-state index in [4.69, 9.17) is 0 Å². The Bertz CT molecular complexity index is 1640. The summed E-state index contributed by atoms with van der Waals surface area (Å²) in [5, 5.41) is 33.0.